The van der Waals surface area contributed by atoms with E-state index in [9.17, 15) is 0 Å². The van der Waals surface area contributed by atoms with Crippen LogP contribution in [0.5, 0.6) is 0 Å². The Kier molecular flexibility index (Phi) is 29.3. The van der Waals surface area contributed by atoms with Gasteiger partial charge in [-0.2, -0.15) is 0 Å². The van der Waals surface area contributed by atoms with Crippen molar-refractivity contribution in [3.63, 3.8) is 0 Å². The average molecular weight is 742 g/mol. The fraction of sp³-hybridized carbons (Fsp3) is 0.652. The molecular weight excluding hydrogens is 667 g/mol. The molecule has 0 saturated heterocycles. The Morgan fingerprint density at radius 1 is 0.549 bits per heavy atom. The Bertz CT molecular complexity index is 1270. The molecule has 0 aliphatic heterocycles. The summed E-state index contributed by atoms with van der Waals surface area (Å²) in [5, 5.41) is 6.89. The molecule has 0 bridgehead atoms. The molecule has 0 amide bonds. The molecule has 0 aliphatic rings. The van der Waals surface area contributed by atoms with Gasteiger partial charge in [-0.3, -0.25) is 4.99 Å². The maximum absolute atomic E-state index is 4.97. The Balaban J connectivity index is 0.0000130. The van der Waals surface area contributed by atoms with E-state index >= 15 is 0 Å². The monoisotopic (exact) mass is 741 g/mol. The minimum Gasteiger partial charge on any atom is -0.384 e. The zero-order valence-corrected chi connectivity index (χ0v) is 34.4. The average Bonchev–Trinajstić information content (AvgIpc) is 3.11. The van der Waals surface area contributed by atoms with Crippen molar-refractivity contribution in [2.24, 2.45) is 9.98 Å². The summed E-state index contributed by atoms with van der Waals surface area (Å²) in [5.74, 6) is 6.76. The first-order valence-corrected chi connectivity index (χ1v) is 20.9. The first-order chi connectivity index (χ1) is 24.6. The van der Waals surface area contributed by atoms with Crippen LogP contribution in [-0.4, -0.2) is 25.0 Å². The van der Waals surface area contributed by atoms with E-state index in [1.807, 2.05) is 6.21 Å². The minimum absolute atomic E-state index is 0. The van der Waals surface area contributed by atoms with Crippen molar-refractivity contribution in [1.29, 1.82) is 0 Å². The first kappa shape index (κ1) is 46.5. The predicted molar refractivity (Wildman–Crippen MR) is 226 cm³/mol. The molecule has 51 heavy (non-hydrogen) atoms. The number of benzene rings is 2. The zero-order chi connectivity index (χ0) is 35.9. The molecule has 2 aromatic rings. The van der Waals surface area contributed by atoms with E-state index in [0.29, 0.717) is 5.71 Å². The van der Waals surface area contributed by atoms with Crippen molar-refractivity contribution in [3.8, 4) is 11.8 Å². The van der Waals surface area contributed by atoms with Crippen molar-refractivity contribution in [1.82, 2.24) is 0 Å². The second-order valence-electron chi connectivity index (χ2n) is 14.3. The molecule has 0 aromatic heterocycles. The van der Waals surface area contributed by atoms with Crippen LogP contribution in [0.15, 0.2) is 46.4 Å². The molecule has 0 heterocycles. The van der Waals surface area contributed by atoms with E-state index in [-0.39, 0.29) is 16.5 Å². The van der Waals surface area contributed by atoms with Crippen LogP contribution in [0, 0.1) is 25.7 Å². The maximum atomic E-state index is 4.97. The smallest absolute Gasteiger partial charge is 0.132 e. The second-order valence-corrected chi connectivity index (χ2v) is 14.3. The third-order valence-corrected chi connectivity index (χ3v) is 9.48. The zero-order valence-electron chi connectivity index (χ0n) is 33.4. The molecule has 0 aliphatic carbocycles. The largest absolute Gasteiger partial charge is 0.384 e. The minimum atomic E-state index is 0. The van der Waals surface area contributed by atoms with Crippen LogP contribution in [0.4, 0.5) is 22.7 Å². The van der Waals surface area contributed by atoms with E-state index in [4.69, 9.17) is 9.98 Å². The number of anilines is 2. The van der Waals surface area contributed by atoms with Gasteiger partial charge in [0.25, 0.3) is 0 Å². The molecule has 0 spiro atoms. The van der Waals surface area contributed by atoms with Crippen LogP contribution >= 0.6 is 0 Å². The van der Waals surface area contributed by atoms with Gasteiger partial charge in [0.2, 0.25) is 0 Å². The van der Waals surface area contributed by atoms with Gasteiger partial charge < -0.3 is 10.6 Å². The van der Waals surface area contributed by atoms with Crippen LogP contribution in [-0.2, 0) is 16.5 Å². The summed E-state index contributed by atoms with van der Waals surface area (Å²) in [6.45, 7) is 12.4. The van der Waals surface area contributed by atoms with Crippen molar-refractivity contribution in [3.05, 3.63) is 47.5 Å². The number of aryl methyl sites for hydroxylation is 2. The van der Waals surface area contributed by atoms with Crippen LogP contribution in [0.3, 0.4) is 0 Å². The first-order valence-electron chi connectivity index (χ1n) is 20.9. The van der Waals surface area contributed by atoms with Crippen LogP contribution < -0.4 is 10.6 Å². The van der Waals surface area contributed by atoms with E-state index in [2.05, 4.69) is 93.5 Å². The third kappa shape index (κ3) is 23.6. The molecule has 5 heteroatoms. The number of nitrogens with one attached hydrogen (secondary N) is 2. The Morgan fingerprint density at radius 3 is 1.37 bits per heavy atom. The van der Waals surface area contributed by atoms with Gasteiger partial charge in [-0.1, -0.05) is 160 Å². The van der Waals surface area contributed by atoms with Crippen LogP contribution in [0.2, 0.25) is 0 Å². The number of rotatable bonds is 29. The standard InChI is InChI=1S/C46H74N4.Ni/c1-6-9-10-11-12-13-14-15-16-17-18-19-20-21-22-23-24-25-26-27-28-29-30-31-32-42(50-44-36-34-41(5)38-46(44)48-8-3)39-49-43-35-33-40(4)37-45(43)47-7-2;/h33-39,47-48H,6-30H2,1-5H3;. The predicted octanol–water partition coefficient (Wildman–Crippen LogP) is 14.6. The summed E-state index contributed by atoms with van der Waals surface area (Å²) < 4.78 is 0. The summed E-state index contributed by atoms with van der Waals surface area (Å²) in [6, 6.07) is 12.6. The summed E-state index contributed by atoms with van der Waals surface area (Å²) in [7, 11) is 0. The molecule has 288 valence electrons. The molecule has 2 rings (SSSR count). The van der Waals surface area contributed by atoms with Crippen molar-refractivity contribution in [2.45, 2.75) is 182 Å². The summed E-state index contributed by atoms with van der Waals surface area (Å²) in [5.41, 5.74) is 6.98. The van der Waals surface area contributed by atoms with E-state index in [0.717, 1.165) is 48.7 Å². The molecule has 2 aromatic carbocycles. The fourth-order valence-corrected chi connectivity index (χ4v) is 6.50. The number of hydrogen-bond donors (Lipinski definition) is 2. The van der Waals surface area contributed by atoms with Gasteiger partial charge in [0, 0.05) is 36.0 Å². The number of aliphatic imine (C=N–C) groups is 2. The van der Waals surface area contributed by atoms with Gasteiger partial charge in [-0.05, 0) is 75.4 Å². The van der Waals surface area contributed by atoms with Crippen LogP contribution in [0.1, 0.15) is 180 Å². The van der Waals surface area contributed by atoms with Crippen molar-refractivity contribution < 1.29 is 16.5 Å². The second kappa shape index (κ2) is 32.1. The fourth-order valence-electron chi connectivity index (χ4n) is 6.50. The van der Waals surface area contributed by atoms with E-state index in [1.165, 1.54) is 146 Å². The van der Waals surface area contributed by atoms with Gasteiger partial charge >= 0.3 is 0 Å². The Morgan fingerprint density at radius 2 is 0.941 bits per heavy atom. The Labute approximate surface area is 325 Å². The molecule has 0 atom stereocenters. The molecule has 0 unspecified atom stereocenters. The molecule has 0 fully saturated rings. The SMILES string of the molecule is CCCCCCCCCCCCCCCCCCCCCCCCC#CC(C=Nc1ccc(C)cc1NCC)=Nc1ccc(C)cc1NCC.[Ni]. The topological polar surface area (TPSA) is 48.8 Å². The maximum Gasteiger partial charge on any atom is 0.132 e. The van der Waals surface area contributed by atoms with Gasteiger partial charge in [0.1, 0.15) is 5.71 Å². The van der Waals surface area contributed by atoms with Crippen molar-refractivity contribution in [2.75, 3.05) is 23.7 Å². The summed E-state index contributed by atoms with van der Waals surface area (Å²) in [6.07, 6.45) is 33.7. The Hall–Kier alpha value is -2.57. The summed E-state index contributed by atoms with van der Waals surface area (Å²) in [4.78, 5) is 9.79. The van der Waals surface area contributed by atoms with Gasteiger partial charge in [0.05, 0.1) is 29.0 Å². The van der Waals surface area contributed by atoms with Gasteiger partial charge in [-0.25, -0.2) is 4.99 Å². The molecule has 2 N–H and O–H groups in total. The third-order valence-electron chi connectivity index (χ3n) is 9.48. The molecule has 0 radical (unpaired) electrons. The number of nitrogens with zero attached hydrogens (tertiary/aromatic N) is 2. The van der Waals surface area contributed by atoms with Crippen molar-refractivity contribution >= 4 is 34.7 Å². The summed E-state index contributed by atoms with van der Waals surface area (Å²) >= 11 is 0. The molecule has 4 nitrogen and oxygen atoms in total. The quantitative estimate of drug-likeness (QED) is 0.0377. The van der Waals surface area contributed by atoms with E-state index in [1.54, 1.807) is 0 Å². The number of unbranched alkanes of at least 4 members (excludes halogenated alkanes) is 22. The normalized spacial score (nSPS) is 11.4. The van der Waals surface area contributed by atoms with Gasteiger partial charge in [0.15, 0.2) is 0 Å². The molecular formula is C46H74N4Ni. The molecule has 0 saturated carbocycles. The van der Waals surface area contributed by atoms with Crippen LogP contribution in [0.25, 0.3) is 0 Å². The van der Waals surface area contributed by atoms with E-state index < -0.39 is 0 Å². The number of hydrogen-bond acceptors (Lipinski definition) is 4. The van der Waals surface area contributed by atoms with Gasteiger partial charge in [-0.15, -0.1) is 0 Å².